The second-order valence-electron chi connectivity index (χ2n) is 6.54. The van der Waals surface area contributed by atoms with E-state index >= 15 is 0 Å². The molecule has 0 saturated heterocycles. The molecule has 2 rings (SSSR count). The average molecular weight is 423 g/mol. The monoisotopic (exact) mass is 422 g/mol. The van der Waals surface area contributed by atoms with Gasteiger partial charge in [-0.3, -0.25) is 13.9 Å². The van der Waals surface area contributed by atoms with Gasteiger partial charge in [-0.25, -0.2) is 8.42 Å². The molecule has 0 heterocycles. The number of sulfonamides is 1. The molecule has 2 aromatic carbocycles. The van der Waals surface area contributed by atoms with Gasteiger partial charge in [0, 0.05) is 16.3 Å². The number of nitrogens with zero attached hydrogens (tertiary/aromatic N) is 1. The molecule has 28 heavy (non-hydrogen) atoms. The van der Waals surface area contributed by atoms with E-state index in [1.165, 1.54) is 13.0 Å². The van der Waals surface area contributed by atoms with Gasteiger partial charge in [0.1, 0.15) is 6.04 Å². The lowest BCUT2D eigenvalue weighted by Gasteiger charge is -2.30. The molecule has 0 radical (unpaired) electrons. The van der Waals surface area contributed by atoms with E-state index in [1.807, 2.05) is 6.92 Å². The molecule has 1 amide bonds. The predicted octanol–water partition coefficient (Wildman–Crippen LogP) is 4.03. The summed E-state index contributed by atoms with van der Waals surface area (Å²) >= 11 is 6.16. The molecule has 0 bridgehead atoms. The van der Waals surface area contributed by atoms with Crippen LogP contribution in [0.4, 0.5) is 11.4 Å². The third kappa shape index (κ3) is 5.11. The van der Waals surface area contributed by atoms with Crippen LogP contribution < -0.4 is 9.62 Å². The van der Waals surface area contributed by atoms with Crippen molar-refractivity contribution in [3.05, 3.63) is 58.6 Å². The summed E-state index contributed by atoms with van der Waals surface area (Å²) in [6.45, 7) is 4.97. The molecular weight excluding hydrogens is 400 g/mol. The third-order valence-corrected chi connectivity index (χ3v) is 5.86. The molecule has 1 atom stereocenters. The summed E-state index contributed by atoms with van der Waals surface area (Å²) in [5.74, 6) is -0.625. The fraction of sp³-hybridized carbons (Fsp3) is 0.300. The zero-order chi connectivity index (χ0) is 21.1. The van der Waals surface area contributed by atoms with Gasteiger partial charge >= 0.3 is 0 Å². The van der Waals surface area contributed by atoms with E-state index in [9.17, 15) is 18.0 Å². The summed E-state index contributed by atoms with van der Waals surface area (Å²) in [6, 6.07) is 10.4. The van der Waals surface area contributed by atoms with Crippen molar-refractivity contribution in [1.82, 2.24) is 0 Å². The maximum absolute atomic E-state index is 12.9. The fourth-order valence-corrected chi connectivity index (χ4v) is 4.20. The first kappa shape index (κ1) is 21.9. The normalized spacial score (nSPS) is 12.3. The van der Waals surface area contributed by atoms with Crippen LogP contribution in [0.2, 0.25) is 5.02 Å². The van der Waals surface area contributed by atoms with Crippen molar-refractivity contribution in [3.63, 3.8) is 0 Å². The molecule has 0 aromatic heterocycles. The highest BCUT2D eigenvalue weighted by molar-refractivity contribution is 7.92. The number of rotatable bonds is 7. The number of aryl methyl sites for hydroxylation is 1. The molecule has 8 heteroatoms. The highest BCUT2D eigenvalue weighted by Gasteiger charge is 2.31. The largest absolute Gasteiger partial charge is 0.324 e. The van der Waals surface area contributed by atoms with Crippen molar-refractivity contribution in [2.24, 2.45) is 0 Å². The number of Topliss-reactive ketones (excluding diaryl/α,β-unsaturated/α-hetero) is 1. The molecule has 0 unspecified atom stereocenters. The minimum absolute atomic E-state index is 0.129. The Balaban J connectivity index is 2.40. The number of halogens is 1. The number of nitrogens with one attached hydrogen (secondary N) is 1. The number of carbonyl (C=O) groups is 2. The molecule has 6 nitrogen and oxygen atoms in total. The molecule has 0 aliphatic rings. The molecule has 0 aliphatic heterocycles. The average Bonchev–Trinajstić information content (AvgIpc) is 2.61. The molecule has 150 valence electrons. The van der Waals surface area contributed by atoms with Crippen molar-refractivity contribution >= 4 is 44.7 Å². The summed E-state index contributed by atoms with van der Waals surface area (Å²) in [7, 11) is -3.76. The predicted molar refractivity (Wildman–Crippen MR) is 113 cm³/mol. The van der Waals surface area contributed by atoms with Crippen molar-refractivity contribution in [3.8, 4) is 0 Å². The second kappa shape index (κ2) is 8.75. The van der Waals surface area contributed by atoms with E-state index in [4.69, 9.17) is 11.6 Å². The number of carbonyl (C=O) groups excluding carboxylic acids is 2. The Hall–Kier alpha value is -2.38. The first-order chi connectivity index (χ1) is 13.0. The Labute approximate surface area is 170 Å². The SMILES string of the molecule is CC[C@@H](C(=O)Nc1cccc(C(C)=O)c1)N(c1ccc(C)c(Cl)c1)S(C)(=O)=O. The van der Waals surface area contributed by atoms with Gasteiger partial charge in [0.25, 0.3) is 0 Å². The van der Waals surface area contributed by atoms with Crippen LogP contribution in [-0.2, 0) is 14.8 Å². The summed E-state index contributed by atoms with van der Waals surface area (Å²) in [5, 5.41) is 3.12. The summed E-state index contributed by atoms with van der Waals surface area (Å²) in [6.07, 6.45) is 1.30. The zero-order valence-corrected chi connectivity index (χ0v) is 17.8. The number of hydrogen-bond acceptors (Lipinski definition) is 4. The van der Waals surface area contributed by atoms with Gasteiger partial charge in [0.05, 0.1) is 11.9 Å². The van der Waals surface area contributed by atoms with Gasteiger partial charge in [0.2, 0.25) is 15.9 Å². The topological polar surface area (TPSA) is 83.6 Å². The summed E-state index contributed by atoms with van der Waals surface area (Å²) in [5.41, 5.74) is 2.00. The molecule has 1 N–H and O–H groups in total. The Morgan fingerprint density at radius 3 is 2.39 bits per heavy atom. The van der Waals surface area contributed by atoms with E-state index < -0.39 is 22.0 Å². The lowest BCUT2D eigenvalue weighted by atomic mass is 10.1. The smallest absolute Gasteiger partial charge is 0.248 e. The second-order valence-corrected chi connectivity index (χ2v) is 8.81. The Morgan fingerprint density at radius 2 is 1.86 bits per heavy atom. The first-order valence-electron chi connectivity index (χ1n) is 8.72. The standard InChI is InChI=1S/C20H23ClN2O4S/c1-5-19(20(25)22-16-8-6-7-15(11-16)14(3)24)23(28(4,26)27)17-10-9-13(2)18(21)12-17/h6-12,19H,5H2,1-4H3,(H,22,25)/t19-/m0/s1. The van der Waals surface area contributed by atoms with E-state index in [2.05, 4.69) is 5.32 Å². The van der Waals surface area contributed by atoms with Crippen LogP contribution >= 0.6 is 11.6 Å². The fourth-order valence-electron chi connectivity index (χ4n) is 2.82. The zero-order valence-electron chi connectivity index (χ0n) is 16.2. The number of hydrogen-bond donors (Lipinski definition) is 1. The van der Waals surface area contributed by atoms with Gasteiger partial charge in [-0.15, -0.1) is 0 Å². The maximum atomic E-state index is 12.9. The minimum atomic E-state index is -3.76. The highest BCUT2D eigenvalue weighted by atomic mass is 35.5. The number of benzene rings is 2. The maximum Gasteiger partial charge on any atom is 0.248 e. The van der Waals surface area contributed by atoms with Crippen LogP contribution in [0.1, 0.15) is 36.2 Å². The van der Waals surface area contributed by atoms with Gasteiger partial charge in [-0.2, -0.15) is 0 Å². The van der Waals surface area contributed by atoms with Crippen LogP contribution in [-0.4, -0.2) is 32.4 Å². The Morgan fingerprint density at radius 1 is 1.18 bits per heavy atom. The number of amides is 1. The lowest BCUT2D eigenvalue weighted by Crippen LogP contribution is -2.47. The van der Waals surface area contributed by atoms with Crippen LogP contribution in [0.3, 0.4) is 0 Å². The minimum Gasteiger partial charge on any atom is -0.324 e. The summed E-state index contributed by atoms with van der Waals surface area (Å²) < 4.78 is 26.0. The van der Waals surface area contributed by atoms with Gasteiger partial charge in [-0.1, -0.05) is 36.7 Å². The quantitative estimate of drug-likeness (QED) is 0.682. The third-order valence-electron chi connectivity index (χ3n) is 4.28. The van der Waals surface area contributed by atoms with Crippen molar-refractivity contribution in [2.45, 2.75) is 33.2 Å². The van der Waals surface area contributed by atoms with Gasteiger partial charge < -0.3 is 5.32 Å². The van der Waals surface area contributed by atoms with Crippen molar-refractivity contribution in [2.75, 3.05) is 15.9 Å². The first-order valence-corrected chi connectivity index (χ1v) is 10.9. The van der Waals surface area contributed by atoms with Crippen LogP contribution in [0.5, 0.6) is 0 Å². The molecule has 0 aliphatic carbocycles. The molecule has 0 fully saturated rings. The number of anilines is 2. The Kier molecular flexibility index (Phi) is 6.85. The lowest BCUT2D eigenvalue weighted by molar-refractivity contribution is -0.117. The molecule has 0 saturated carbocycles. The van der Waals surface area contributed by atoms with Crippen LogP contribution in [0.25, 0.3) is 0 Å². The van der Waals surface area contributed by atoms with Crippen molar-refractivity contribution < 1.29 is 18.0 Å². The Bertz CT molecular complexity index is 1010. The van der Waals surface area contributed by atoms with E-state index in [1.54, 1.807) is 43.3 Å². The van der Waals surface area contributed by atoms with E-state index in [-0.39, 0.29) is 12.2 Å². The van der Waals surface area contributed by atoms with Crippen LogP contribution in [0, 0.1) is 6.92 Å². The molecule has 0 spiro atoms. The molecule has 2 aromatic rings. The van der Waals surface area contributed by atoms with E-state index in [0.717, 1.165) is 16.1 Å². The molecular formula is C20H23ClN2O4S. The van der Waals surface area contributed by atoms with Crippen molar-refractivity contribution in [1.29, 1.82) is 0 Å². The van der Waals surface area contributed by atoms with Gasteiger partial charge in [0.15, 0.2) is 5.78 Å². The highest BCUT2D eigenvalue weighted by Crippen LogP contribution is 2.28. The van der Waals surface area contributed by atoms with Crippen LogP contribution in [0.15, 0.2) is 42.5 Å². The summed E-state index contributed by atoms with van der Waals surface area (Å²) in [4.78, 5) is 24.4. The van der Waals surface area contributed by atoms with E-state index in [0.29, 0.717) is 22.0 Å². The van der Waals surface area contributed by atoms with Gasteiger partial charge in [-0.05, 0) is 50.1 Å². The number of ketones is 1.